The van der Waals surface area contributed by atoms with E-state index in [1.165, 1.54) is 0 Å². The highest BCUT2D eigenvalue weighted by Crippen LogP contribution is 2.18. The van der Waals surface area contributed by atoms with Crippen molar-refractivity contribution in [2.45, 2.75) is 19.3 Å². The summed E-state index contributed by atoms with van der Waals surface area (Å²) in [6.45, 7) is -0.197. The van der Waals surface area contributed by atoms with Crippen LogP contribution >= 0.6 is 38.5 Å². The lowest BCUT2D eigenvalue weighted by Crippen LogP contribution is -2.30. The van der Waals surface area contributed by atoms with Gasteiger partial charge < -0.3 is 10.1 Å². The smallest absolute Gasteiger partial charge is 0.255 e. The van der Waals surface area contributed by atoms with E-state index in [2.05, 4.69) is 43.8 Å². The van der Waals surface area contributed by atoms with Gasteiger partial charge in [0, 0.05) is 20.9 Å². The van der Waals surface area contributed by atoms with Crippen molar-refractivity contribution < 1.29 is 19.1 Å². The second-order valence-corrected chi connectivity index (χ2v) is 9.64. The van der Waals surface area contributed by atoms with Crippen molar-refractivity contribution in [2.75, 3.05) is 13.2 Å². The number of nitrogens with one attached hydrogen (secondary N) is 1. The van der Waals surface area contributed by atoms with Crippen molar-refractivity contribution in [1.29, 1.82) is 0 Å². The Morgan fingerprint density at radius 1 is 0.848 bits per heavy atom. The van der Waals surface area contributed by atoms with Gasteiger partial charge in [-0.05, 0) is 76.5 Å². The number of ketones is 2. The molecule has 0 aromatic heterocycles. The summed E-state index contributed by atoms with van der Waals surface area (Å²) in [5.41, 5.74) is 2.27. The van der Waals surface area contributed by atoms with Crippen LogP contribution in [0, 0.1) is 3.57 Å². The lowest BCUT2D eigenvalue weighted by atomic mass is 10.1. The minimum absolute atomic E-state index is 0.0580. The average molecular weight is 620 g/mol. The van der Waals surface area contributed by atoms with Gasteiger partial charge >= 0.3 is 0 Å². The number of Topliss-reactive ketones (excluding diaryl/α,β-unsaturated/α-hetero) is 2. The summed E-state index contributed by atoms with van der Waals surface area (Å²) in [6, 6.07) is 22.2. The predicted octanol–water partition coefficient (Wildman–Crippen LogP) is 5.18. The number of carbonyl (C=O) groups is 3. The van der Waals surface area contributed by atoms with Crippen molar-refractivity contribution in [2.24, 2.45) is 0 Å². The monoisotopic (exact) mass is 619 g/mol. The molecule has 0 bridgehead atoms. The first-order chi connectivity index (χ1) is 15.9. The molecule has 3 rings (SSSR count). The van der Waals surface area contributed by atoms with Gasteiger partial charge in [-0.3, -0.25) is 14.4 Å². The van der Waals surface area contributed by atoms with Crippen molar-refractivity contribution in [1.82, 2.24) is 5.32 Å². The maximum Gasteiger partial charge on any atom is 0.255 e. The molecule has 33 heavy (non-hydrogen) atoms. The molecule has 0 spiro atoms. The van der Waals surface area contributed by atoms with Crippen LogP contribution in [0.1, 0.15) is 27.9 Å². The van der Waals surface area contributed by atoms with Crippen LogP contribution in [0.2, 0.25) is 0 Å². The molecule has 5 nitrogen and oxygen atoms in total. The zero-order valence-corrected chi connectivity index (χ0v) is 21.6. The van der Waals surface area contributed by atoms with Crippen molar-refractivity contribution in [3.63, 3.8) is 0 Å². The van der Waals surface area contributed by atoms with Crippen molar-refractivity contribution >= 4 is 56.0 Å². The molecule has 0 saturated heterocycles. The third-order valence-corrected chi connectivity index (χ3v) is 6.13. The summed E-state index contributed by atoms with van der Waals surface area (Å²) >= 11 is 5.60. The number of carbonyl (C=O) groups excluding carboxylic acids is 3. The summed E-state index contributed by atoms with van der Waals surface area (Å²) < 4.78 is 7.73. The van der Waals surface area contributed by atoms with E-state index in [4.69, 9.17) is 4.74 Å². The topological polar surface area (TPSA) is 72.5 Å². The molecule has 1 N–H and O–H groups in total. The van der Waals surface area contributed by atoms with Crippen LogP contribution in [0.3, 0.4) is 0 Å². The van der Waals surface area contributed by atoms with Gasteiger partial charge in [0.2, 0.25) is 0 Å². The Balaban J connectivity index is 1.48. The Kier molecular flexibility index (Phi) is 9.62. The maximum absolute atomic E-state index is 12.6. The van der Waals surface area contributed by atoms with Crippen LogP contribution in [0.25, 0.3) is 0 Å². The van der Waals surface area contributed by atoms with Crippen LogP contribution in [-0.4, -0.2) is 30.6 Å². The van der Waals surface area contributed by atoms with Crippen LogP contribution < -0.4 is 10.1 Å². The third kappa shape index (κ3) is 8.40. The first kappa shape index (κ1) is 25.1. The van der Waals surface area contributed by atoms with E-state index in [0.29, 0.717) is 24.2 Å². The van der Waals surface area contributed by atoms with Gasteiger partial charge in [0.1, 0.15) is 12.4 Å². The lowest BCUT2D eigenvalue weighted by Gasteiger charge is -2.11. The number of para-hydroxylation sites is 1. The molecule has 0 radical (unpaired) electrons. The molecule has 0 heterocycles. The van der Waals surface area contributed by atoms with Gasteiger partial charge in [0.05, 0.1) is 12.1 Å². The molecule has 170 valence electrons. The zero-order chi connectivity index (χ0) is 23.6. The summed E-state index contributed by atoms with van der Waals surface area (Å²) in [6.07, 6.45) is 1.22. The summed E-state index contributed by atoms with van der Waals surface area (Å²) in [7, 11) is 0. The molecule has 0 aliphatic rings. The molecular weight excluding hydrogens is 597 g/mol. The van der Waals surface area contributed by atoms with E-state index in [9.17, 15) is 14.4 Å². The Labute approximate surface area is 215 Å². The number of aryl methyl sites for hydroxylation is 1. The average Bonchev–Trinajstić information content (AvgIpc) is 2.82. The highest BCUT2D eigenvalue weighted by molar-refractivity contribution is 14.1. The Bertz CT molecular complexity index is 1110. The molecule has 3 aromatic rings. The van der Waals surface area contributed by atoms with E-state index >= 15 is 0 Å². The number of hydrogen-bond donors (Lipinski definition) is 1. The fourth-order valence-corrected chi connectivity index (χ4v) is 3.74. The highest BCUT2D eigenvalue weighted by Gasteiger charge is 2.15. The summed E-state index contributed by atoms with van der Waals surface area (Å²) in [5.74, 6) is -0.243. The first-order valence-corrected chi connectivity index (χ1v) is 12.3. The maximum atomic E-state index is 12.6. The Morgan fingerprint density at radius 3 is 2.24 bits per heavy atom. The molecule has 3 aromatic carbocycles. The standard InChI is InChI=1S/C26H23BrINO4/c27-20-10-5-18(6-11-20)9-14-22(30)16-29-26(32)24-3-1-2-4-25(24)33-17-23(31)15-19-7-12-21(28)13-8-19/h1-8,10-13H,9,14-17H2,(H,29,32). The van der Waals surface area contributed by atoms with Crippen molar-refractivity contribution in [3.05, 3.63) is 97.5 Å². The van der Waals surface area contributed by atoms with Crippen LogP contribution in [0.15, 0.2) is 77.3 Å². The quantitative estimate of drug-likeness (QED) is 0.301. The van der Waals surface area contributed by atoms with Gasteiger partial charge in [-0.2, -0.15) is 0 Å². The van der Waals surface area contributed by atoms with E-state index in [-0.39, 0.29) is 31.1 Å². The molecule has 7 heteroatoms. The molecule has 1 amide bonds. The zero-order valence-electron chi connectivity index (χ0n) is 17.9. The molecule has 0 unspecified atom stereocenters. The van der Waals surface area contributed by atoms with Crippen molar-refractivity contribution in [3.8, 4) is 5.75 Å². The van der Waals surface area contributed by atoms with Gasteiger partial charge in [-0.15, -0.1) is 0 Å². The number of ether oxygens (including phenoxy) is 1. The molecule has 0 aliphatic heterocycles. The molecule has 0 fully saturated rings. The summed E-state index contributed by atoms with van der Waals surface area (Å²) in [4.78, 5) is 37.1. The van der Waals surface area contributed by atoms with Gasteiger partial charge in [-0.25, -0.2) is 0 Å². The fourth-order valence-electron chi connectivity index (χ4n) is 3.12. The van der Waals surface area contributed by atoms with E-state index in [1.807, 2.05) is 48.5 Å². The number of rotatable bonds is 11. The largest absolute Gasteiger partial charge is 0.485 e. The van der Waals surface area contributed by atoms with Gasteiger partial charge in [0.25, 0.3) is 5.91 Å². The molecule has 0 atom stereocenters. The molecule has 0 aliphatic carbocycles. The minimum atomic E-state index is -0.410. The third-order valence-electron chi connectivity index (χ3n) is 4.89. The summed E-state index contributed by atoms with van der Waals surface area (Å²) in [5, 5.41) is 2.66. The normalized spacial score (nSPS) is 10.5. The van der Waals surface area contributed by atoms with Crippen LogP contribution in [0.4, 0.5) is 0 Å². The van der Waals surface area contributed by atoms with Gasteiger partial charge in [-0.1, -0.05) is 52.3 Å². The van der Waals surface area contributed by atoms with Crippen LogP contribution in [-0.2, 0) is 22.4 Å². The highest BCUT2D eigenvalue weighted by atomic mass is 127. The first-order valence-electron chi connectivity index (χ1n) is 10.4. The lowest BCUT2D eigenvalue weighted by molar-refractivity contribution is -0.120. The SMILES string of the molecule is O=C(CCc1ccc(Br)cc1)CNC(=O)c1ccccc1OCC(=O)Cc1ccc(I)cc1. The van der Waals surface area contributed by atoms with E-state index < -0.39 is 5.91 Å². The Morgan fingerprint density at radius 2 is 1.52 bits per heavy atom. The Hall–Kier alpha value is -2.52. The minimum Gasteiger partial charge on any atom is -0.485 e. The fraction of sp³-hybridized carbons (Fsp3) is 0.192. The number of halogens is 2. The van der Waals surface area contributed by atoms with Gasteiger partial charge in [0.15, 0.2) is 11.6 Å². The number of hydrogen-bond acceptors (Lipinski definition) is 4. The second kappa shape index (κ2) is 12.6. The second-order valence-electron chi connectivity index (χ2n) is 7.47. The van der Waals surface area contributed by atoms with E-state index in [1.54, 1.807) is 24.3 Å². The number of amides is 1. The van der Waals surface area contributed by atoms with E-state index in [0.717, 1.165) is 19.2 Å². The molecular formula is C26H23BrINO4. The van der Waals surface area contributed by atoms with Crippen LogP contribution in [0.5, 0.6) is 5.75 Å². The predicted molar refractivity (Wildman–Crippen MR) is 140 cm³/mol. The number of benzene rings is 3. The molecule has 0 saturated carbocycles.